The largest absolute Gasteiger partial charge is 0.439 e. The third kappa shape index (κ3) is 1.94. The zero-order chi connectivity index (χ0) is 13.6. The van der Waals surface area contributed by atoms with Crippen molar-refractivity contribution in [3.05, 3.63) is 24.2 Å². The molecule has 3 unspecified atom stereocenters. The van der Waals surface area contributed by atoms with Crippen LogP contribution < -0.4 is 5.73 Å². The van der Waals surface area contributed by atoms with Gasteiger partial charge in [-0.05, 0) is 36.3 Å². The van der Waals surface area contributed by atoms with E-state index in [-0.39, 0.29) is 11.5 Å². The zero-order valence-electron chi connectivity index (χ0n) is 11.8. The van der Waals surface area contributed by atoms with Crippen LogP contribution in [0.3, 0.4) is 0 Å². The lowest BCUT2D eigenvalue weighted by atomic mass is 9.61. The summed E-state index contributed by atoms with van der Waals surface area (Å²) in [5.74, 6) is 1.59. The number of nitrogens with two attached hydrogens (primary N) is 1. The Morgan fingerprint density at radius 1 is 1.37 bits per heavy atom. The molecule has 0 spiro atoms. The molecule has 2 aromatic rings. The Bertz CT molecular complexity index is 557. The van der Waals surface area contributed by atoms with Crippen molar-refractivity contribution in [2.24, 2.45) is 17.1 Å². The lowest BCUT2D eigenvalue weighted by Crippen LogP contribution is -2.45. The molecule has 0 bridgehead atoms. The highest BCUT2D eigenvalue weighted by Crippen LogP contribution is 2.49. The van der Waals surface area contributed by atoms with Crippen LogP contribution >= 0.6 is 0 Å². The summed E-state index contributed by atoms with van der Waals surface area (Å²) in [6.45, 7) is 6.77. The van der Waals surface area contributed by atoms with Crippen molar-refractivity contribution in [2.75, 3.05) is 0 Å². The molecule has 2 heterocycles. The van der Waals surface area contributed by atoms with Crippen molar-refractivity contribution in [2.45, 2.75) is 45.6 Å². The van der Waals surface area contributed by atoms with Crippen LogP contribution in [0.5, 0.6) is 0 Å². The second kappa shape index (κ2) is 4.30. The van der Waals surface area contributed by atoms with Gasteiger partial charge >= 0.3 is 0 Å². The van der Waals surface area contributed by atoms with Gasteiger partial charge in [-0.2, -0.15) is 4.98 Å². The predicted octanol–water partition coefficient (Wildman–Crippen LogP) is 3.09. The molecule has 19 heavy (non-hydrogen) atoms. The highest BCUT2D eigenvalue weighted by Gasteiger charge is 2.44. The number of pyridine rings is 1. The fourth-order valence-corrected chi connectivity index (χ4v) is 3.23. The first-order valence-electron chi connectivity index (χ1n) is 6.97. The minimum atomic E-state index is 0.0958. The summed E-state index contributed by atoms with van der Waals surface area (Å²) in [5.41, 5.74) is 7.78. The van der Waals surface area contributed by atoms with Gasteiger partial charge in [0.25, 0.3) is 0 Å². The maximum atomic E-state index is 6.21. The topological polar surface area (TPSA) is 64.9 Å². The number of rotatable bonds is 1. The Morgan fingerprint density at radius 2 is 2.16 bits per heavy atom. The third-order valence-corrected chi connectivity index (χ3v) is 4.98. The van der Waals surface area contributed by atoms with Gasteiger partial charge in [0.2, 0.25) is 5.89 Å². The monoisotopic (exact) mass is 259 g/mol. The molecule has 3 rings (SSSR count). The number of hydrogen-bond acceptors (Lipinski definition) is 4. The van der Waals surface area contributed by atoms with Gasteiger partial charge in [-0.1, -0.05) is 20.8 Å². The van der Waals surface area contributed by atoms with Gasteiger partial charge in [0.1, 0.15) is 0 Å². The van der Waals surface area contributed by atoms with Crippen LogP contribution in [-0.2, 0) is 0 Å². The van der Waals surface area contributed by atoms with Crippen molar-refractivity contribution < 1.29 is 4.42 Å². The van der Waals surface area contributed by atoms with E-state index in [1.807, 2.05) is 12.1 Å². The Kier molecular flexibility index (Phi) is 2.86. The highest BCUT2D eigenvalue weighted by molar-refractivity contribution is 5.67. The molecule has 0 saturated heterocycles. The van der Waals surface area contributed by atoms with Gasteiger partial charge in [-0.25, -0.2) is 4.98 Å². The summed E-state index contributed by atoms with van der Waals surface area (Å²) in [4.78, 5) is 8.82. The standard InChI is InChI=1S/C15H21N3O/c1-9-11(16)7-6-10(15(9,2)3)14-18-13-12(19-14)5-4-8-17-13/h4-5,8-11H,6-7,16H2,1-3H3. The van der Waals surface area contributed by atoms with Gasteiger partial charge in [0.05, 0.1) is 0 Å². The Balaban J connectivity index is 2.01. The molecule has 0 amide bonds. The van der Waals surface area contributed by atoms with E-state index in [1.165, 1.54) is 0 Å². The van der Waals surface area contributed by atoms with Crippen LogP contribution in [0.25, 0.3) is 11.2 Å². The van der Waals surface area contributed by atoms with E-state index in [0.29, 0.717) is 17.5 Å². The summed E-state index contributed by atoms with van der Waals surface area (Å²) in [6.07, 6.45) is 3.81. The van der Waals surface area contributed by atoms with Crippen LogP contribution in [0.15, 0.2) is 22.7 Å². The fourth-order valence-electron chi connectivity index (χ4n) is 3.23. The van der Waals surface area contributed by atoms with Crippen LogP contribution in [0, 0.1) is 11.3 Å². The number of oxazole rings is 1. The minimum absolute atomic E-state index is 0.0958. The van der Waals surface area contributed by atoms with E-state index < -0.39 is 0 Å². The molecule has 3 atom stereocenters. The lowest BCUT2D eigenvalue weighted by molar-refractivity contribution is 0.0854. The first kappa shape index (κ1) is 12.6. The van der Waals surface area contributed by atoms with E-state index in [1.54, 1.807) is 6.20 Å². The van der Waals surface area contributed by atoms with Crippen LogP contribution in [0.4, 0.5) is 0 Å². The van der Waals surface area contributed by atoms with Gasteiger partial charge < -0.3 is 10.2 Å². The first-order chi connectivity index (χ1) is 9.00. The van der Waals surface area contributed by atoms with Crippen LogP contribution in [0.1, 0.15) is 45.4 Å². The molecule has 2 N–H and O–H groups in total. The lowest BCUT2D eigenvalue weighted by Gasteiger charge is -2.45. The second-order valence-corrected chi connectivity index (χ2v) is 6.28. The van der Waals surface area contributed by atoms with Gasteiger partial charge in [-0.15, -0.1) is 0 Å². The molecular weight excluding hydrogens is 238 g/mol. The second-order valence-electron chi connectivity index (χ2n) is 6.28. The molecule has 4 heteroatoms. The number of aromatic nitrogens is 2. The molecule has 1 aliphatic carbocycles. The molecule has 1 saturated carbocycles. The molecule has 102 valence electrons. The maximum absolute atomic E-state index is 6.21. The smallest absolute Gasteiger partial charge is 0.200 e. The third-order valence-electron chi connectivity index (χ3n) is 4.98. The minimum Gasteiger partial charge on any atom is -0.439 e. The maximum Gasteiger partial charge on any atom is 0.200 e. The van der Waals surface area contributed by atoms with Crippen molar-refractivity contribution in [1.82, 2.24) is 9.97 Å². The summed E-state index contributed by atoms with van der Waals surface area (Å²) in [6, 6.07) is 4.07. The quantitative estimate of drug-likeness (QED) is 0.854. The van der Waals surface area contributed by atoms with E-state index >= 15 is 0 Å². The van der Waals surface area contributed by atoms with Crippen molar-refractivity contribution in [3.8, 4) is 0 Å². The summed E-state index contributed by atoms with van der Waals surface area (Å²) in [5, 5.41) is 0. The van der Waals surface area contributed by atoms with E-state index in [9.17, 15) is 0 Å². The average Bonchev–Trinajstić information content (AvgIpc) is 2.79. The Hall–Kier alpha value is -1.42. The fraction of sp³-hybridized carbons (Fsp3) is 0.600. The molecule has 0 aliphatic heterocycles. The van der Waals surface area contributed by atoms with E-state index in [2.05, 4.69) is 30.7 Å². The van der Waals surface area contributed by atoms with Crippen LogP contribution in [0.2, 0.25) is 0 Å². The molecule has 2 aromatic heterocycles. The summed E-state index contributed by atoms with van der Waals surface area (Å²) in [7, 11) is 0. The predicted molar refractivity (Wildman–Crippen MR) is 74.7 cm³/mol. The van der Waals surface area contributed by atoms with E-state index in [0.717, 1.165) is 24.3 Å². The summed E-state index contributed by atoms with van der Waals surface area (Å²) >= 11 is 0. The SMILES string of the molecule is CC1C(N)CCC(c2nc3ncccc3o2)C1(C)C. The Labute approximate surface area is 113 Å². The molecule has 4 nitrogen and oxygen atoms in total. The van der Waals surface area contributed by atoms with Gasteiger partial charge in [0.15, 0.2) is 11.2 Å². The van der Waals surface area contributed by atoms with Crippen LogP contribution in [-0.4, -0.2) is 16.0 Å². The number of nitrogens with zero attached hydrogens (tertiary/aromatic N) is 2. The highest BCUT2D eigenvalue weighted by atomic mass is 16.3. The molecular formula is C15H21N3O. The van der Waals surface area contributed by atoms with Crippen molar-refractivity contribution in [1.29, 1.82) is 0 Å². The average molecular weight is 259 g/mol. The van der Waals surface area contributed by atoms with Gasteiger partial charge in [-0.3, -0.25) is 0 Å². The molecule has 0 aromatic carbocycles. The van der Waals surface area contributed by atoms with Gasteiger partial charge in [0, 0.05) is 18.2 Å². The number of hydrogen-bond donors (Lipinski definition) is 1. The van der Waals surface area contributed by atoms with Crippen molar-refractivity contribution >= 4 is 11.2 Å². The molecule has 1 aliphatic rings. The normalized spacial score (nSPS) is 30.6. The van der Waals surface area contributed by atoms with Crippen molar-refractivity contribution in [3.63, 3.8) is 0 Å². The first-order valence-corrected chi connectivity index (χ1v) is 6.97. The summed E-state index contributed by atoms with van der Waals surface area (Å²) < 4.78 is 5.91. The van der Waals surface area contributed by atoms with E-state index in [4.69, 9.17) is 10.2 Å². The number of fused-ring (bicyclic) bond motifs is 1. The Morgan fingerprint density at radius 3 is 2.89 bits per heavy atom. The molecule has 1 fully saturated rings. The molecule has 0 radical (unpaired) electrons. The zero-order valence-corrected chi connectivity index (χ0v) is 11.8.